The molecule has 0 spiro atoms. The van der Waals surface area contributed by atoms with E-state index in [2.05, 4.69) is 0 Å². The standard InChI is InChI=1S/C13H16FNO3/c1-8(16)9-5-6-15(7-9)12-10(13(17)18)3-2-4-11(12)14/h2-4,8-9,16H,5-7H2,1H3,(H,17,18). The summed E-state index contributed by atoms with van der Waals surface area (Å²) in [5, 5.41) is 18.6. The number of hydrogen-bond acceptors (Lipinski definition) is 3. The van der Waals surface area contributed by atoms with E-state index in [4.69, 9.17) is 5.11 Å². The van der Waals surface area contributed by atoms with Crippen molar-refractivity contribution in [1.29, 1.82) is 0 Å². The fourth-order valence-corrected chi connectivity index (χ4v) is 2.39. The van der Waals surface area contributed by atoms with E-state index in [9.17, 15) is 14.3 Å². The van der Waals surface area contributed by atoms with Gasteiger partial charge in [0, 0.05) is 19.0 Å². The summed E-state index contributed by atoms with van der Waals surface area (Å²) in [7, 11) is 0. The fraction of sp³-hybridized carbons (Fsp3) is 0.462. The molecule has 18 heavy (non-hydrogen) atoms. The van der Waals surface area contributed by atoms with Gasteiger partial charge in [0.2, 0.25) is 0 Å². The molecule has 0 radical (unpaired) electrons. The summed E-state index contributed by atoms with van der Waals surface area (Å²) in [5.41, 5.74) is 0.106. The largest absolute Gasteiger partial charge is 0.478 e. The van der Waals surface area contributed by atoms with Gasteiger partial charge in [0.25, 0.3) is 0 Å². The third kappa shape index (κ3) is 2.31. The number of aliphatic hydroxyl groups excluding tert-OH is 1. The molecular formula is C13H16FNO3. The molecule has 0 aromatic heterocycles. The maximum absolute atomic E-state index is 13.8. The highest BCUT2D eigenvalue weighted by atomic mass is 19.1. The quantitative estimate of drug-likeness (QED) is 0.861. The zero-order chi connectivity index (χ0) is 13.3. The van der Waals surface area contributed by atoms with E-state index >= 15 is 0 Å². The molecule has 0 saturated carbocycles. The van der Waals surface area contributed by atoms with Crippen molar-refractivity contribution in [3.05, 3.63) is 29.6 Å². The van der Waals surface area contributed by atoms with Crippen LogP contribution in [0.1, 0.15) is 23.7 Å². The molecule has 2 atom stereocenters. The summed E-state index contributed by atoms with van der Waals surface area (Å²) in [4.78, 5) is 12.8. The number of halogens is 1. The summed E-state index contributed by atoms with van der Waals surface area (Å²) in [6.07, 6.45) is 0.278. The summed E-state index contributed by atoms with van der Waals surface area (Å²) >= 11 is 0. The third-order valence-corrected chi connectivity index (χ3v) is 3.44. The molecule has 5 heteroatoms. The summed E-state index contributed by atoms with van der Waals surface area (Å²) in [6.45, 7) is 2.75. The number of hydrogen-bond donors (Lipinski definition) is 2. The summed E-state index contributed by atoms with van der Waals surface area (Å²) < 4.78 is 13.8. The van der Waals surface area contributed by atoms with E-state index in [-0.39, 0.29) is 17.2 Å². The smallest absolute Gasteiger partial charge is 0.337 e. The van der Waals surface area contributed by atoms with Crippen LogP contribution in [0.2, 0.25) is 0 Å². The van der Waals surface area contributed by atoms with Crippen molar-refractivity contribution in [2.24, 2.45) is 5.92 Å². The van der Waals surface area contributed by atoms with Gasteiger partial charge in [-0.1, -0.05) is 6.07 Å². The molecule has 2 N–H and O–H groups in total. The Bertz CT molecular complexity index is 462. The molecular weight excluding hydrogens is 237 g/mol. The minimum absolute atomic E-state index is 0.0266. The molecule has 1 aliphatic heterocycles. The Morgan fingerprint density at radius 1 is 1.56 bits per heavy atom. The van der Waals surface area contributed by atoms with Crippen molar-refractivity contribution in [3.63, 3.8) is 0 Å². The Morgan fingerprint density at radius 2 is 2.28 bits per heavy atom. The van der Waals surface area contributed by atoms with Crippen LogP contribution in [0.25, 0.3) is 0 Å². The zero-order valence-corrected chi connectivity index (χ0v) is 10.1. The predicted octanol–water partition coefficient (Wildman–Crippen LogP) is 1.73. The maximum atomic E-state index is 13.8. The second-order valence-corrected chi connectivity index (χ2v) is 4.68. The van der Waals surface area contributed by atoms with Gasteiger partial charge >= 0.3 is 5.97 Å². The van der Waals surface area contributed by atoms with Crippen molar-refractivity contribution < 1.29 is 19.4 Å². The van der Waals surface area contributed by atoms with Crippen LogP contribution in [0.15, 0.2) is 18.2 Å². The lowest BCUT2D eigenvalue weighted by atomic mass is 10.0. The Kier molecular flexibility index (Phi) is 3.52. The molecule has 1 heterocycles. The normalized spacial score (nSPS) is 21.1. The van der Waals surface area contributed by atoms with Crippen molar-refractivity contribution >= 4 is 11.7 Å². The molecule has 0 aliphatic carbocycles. The zero-order valence-electron chi connectivity index (χ0n) is 10.1. The Hall–Kier alpha value is -1.62. The van der Waals surface area contributed by atoms with Crippen molar-refractivity contribution in [2.45, 2.75) is 19.4 Å². The highest BCUT2D eigenvalue weighted by Crippen LogP contribution is 2.30. The number of anilines is 1. The average Bonchev–Trinajstić information content (AvgIpc) is 2.77. The number of aromatic carboxylic acids is 1. The van der Waals surface area contributed by atoms with Crippen molar-refractivity contribution in [3.8, 4) is 0 Å². The summed E-state index contributed by atoms with van der Waals surface area (Å²) in [5.74, 6) is -1.60. The first-order valence-electron chi connectivity index (χ1n) is 5.95. The maximum Gasteiger partial charge on any atom is 0.337 e. The molecule has 2 rings (SSSR count). The molecule has 1 saturated heterocycles. The lowest BCUT2D eigenvalue weighted by Gasteiger charge is -2.22. The van der Waals surface area contributed by atoms with Gasteiger partial charge < -0.3 is 15.1 Å². The minimum Gasteiger partial charge on any atom is -0.478 e. The first-order chi connectivity index (χ1) is 8.50. The van der Waals surface area contributed by atoms with E-state index < -0.39 is 17.9 Å². The van der Waals surface area contributed by atoms with Gasteiger partial charge in [-0.15, -0.1) is 0 Å². The number of carbonyl (C=O) groups is 1. The number of aliphatic hydroxyl groups is 1. The molecule has 0 amide bonds. The van der Waals surface area contributed by atoms with Crippen LogP contribution in [0, 0.1) is 11.7 Å². The van der Waals surface area contributed by atoms with Crippen LogP contribution in [0.3, 0.4) is 0 Å². The molecule has 1 aromatic carbocycles. The molecule has 0 bridgehead atoms. The fourth-order valence-electron chi connectivity index (χ4n) is 2.39. The van der Waals surface area contributed by atoms with Crippen LogP contribution in [-0.4, -0.2) is 35.4 Å². The molecule has 98 valence electrons. The van der Waals surface area contributed by atoms with Crippen LogP contribution in [0.4, 0.5) is 10.1 Å². The third-order valence-electron chi connectivity index (χ3n) is 3.44. The highest BCUT2D eigenvalue weighted by molar-refractivity contribution is 5.94. The Labute approximate surface area is 105 Å². The second-order valence-electron chi connectivity index (χ2n) is 4.68. The monoisotopic (exact) mass is 253 g/mol. The second kappa shape index (κ2) is 4.94. The Morgan fingerprint density at radius 3 is 2.83 bits per heavy atom. The van der Waals surface area contributed by atoms with Crippen molar-refractivity contribution in [2.75, 3.05) is 18.0 Å². The molecule has 1 aromatic rings. The Balaban J connectivity index is 2.32. The number of rotatable bonds is 3. The number of para-hydroxylation sites is 1. The minimum atomic E-state index is -1.13. The van der Waals surface area contributed by atoms with Gasteiger partial charge in [-0.25, -0.2) is 9.18 Å². The first kappa shape index (κ1) is 12.8. The SMILES string of the molecule is CC(O)C1CCN(c2c(F)cccc2C(=O)O)C1. The van der Waals surface area contributed by atoms with E-state index in [0.717, 1.165) is 6.42 Å². The number of benzene rings is 1. The number of carboxylic acid groups (broad SMARTS) is 1. The number of carboxylic acids is 1. The summed E-state index contributed by atoms with van der Waals surface area (Å²) in [6, 6.07) is 4.05. The lowest BCUT2D eigenvalue weighted by molar-refractivity contribution is 0.0697. The number of nitrogens with zero attached hydrogens (tertiary/aromatic N) is 1. The van der Waals surface area contributed by atoms with E-state index in [1.807, 2.05) is 0 Å². The molecule has 1 aliphatic rings. The molecule has 4 nitrogen and oxygen atoms in total. The predicted molar refractivity (Wildman–Crippen MR) is 65.4 cm³/mol. The van der Waals surface area contributed by atoms with Gasteiger partial charge in [0.1, 0.15) is 5.82 Å². The molecule has 1 fully saturated rings. The topological polar surface area (TPSA) is 60.8 Å². The van der Waals surface area contributed by atoms with Crippen LogP contribution < -0.4 is 4.90 Å². The van der Waals surface area contributed by atoms with Crippen LogP contribution in [-0.2, 0) is 0 Å². The molecule has 2 unspecified atom stereocenters. The highest BCUT2D eigenvalue weighted by Gasteiger charge is 2.30. The van der Waals surface area contributed by atoms with Crippen LogP contribution >= 0.6 is 0 Å². The van der Waals surface area contributed by atoms with E-state index in [0.29, 0.717) is 13.1 Å². The van der Waals surface area contributed by atoms with Gasteiger partial charge in [-0.3, -0.25) is 0 Å². The van der Waals surface area contributed by atoms with Crippen LogP contribution in [0.5, 0.6) is 0 Å². The van der Waals surface area contributed by atoms with Gasteiger partial charge in [0.05, 0.1) is 17.4 Å². The van der Waals surface area contributed by atoms with Gasteiger partial charge in [-0.2, -0.15) is 0 Å². The van der Waals surface area contributed by atoms with Gasteiger partial charge in [0.15, 0.2) is 0 Å². The van der Waals surface area contributed by atoms with E-state index in [1.54, 1.807) is 11.8 Å². The average molecular weight is 253 g/mol. The lowest BCUT2D eigenvalue weighted by Crippen LogP contribution is -2.26. The van der Waals surface area contributed by atoms with E-state index in [1.165, 1.54) is 18.2 Å². The van der Waals surface area contributed by atoms with Crippen molar-refractivity contribution in [1.82, 2.24) is 0 Å². The first-order valence-corrected chi connectivity index (χ1v) is 5.95. The van der Waals surface area contributed by atoms with Gasteiger partial charge in [-0.05, 0) is 25.5 Å².